The zero-order chi connectivity index (χ0) is 18.4. The van der Waals surface area contributed by atoms with Crippen molar-refractivity contribution in [3.63, 3.8) is 0 Å². The molecule has 1 saturated heterocycles. The van der Waals surface area contributed by atoms with E-state index in [0.717, 1.165) is 32.1 Å². The lowest BCUT2D eigenvalue weighted by atomic mass is 9.90. The second-order valence-corrected chi connectivity index (χ2v) is 9.56. The molecule has 1 saturated carbocycles. The van der Waals surface area contributed by atoms with Gasteiger partial charge in [0.2, 0.25) is 15.9 Å². The molecule has 1 aromatic carbocycles. The van der Waals surface area contributed by atoms with Crippen LogP contribution in [-0.4, -0.2) is 38.3 Å². The molecule has 2 fully saturated rings. The third-order valence-electron chi connectivity index (χ3n) is 5.67. The minimum Gasteiger partial charge on any atom is -0.356 e. The van der Waals surface area contributed by atoms with E-state index in [0.29, 0.717) is 24.5 Å². The number of hydrogen-bond donors (Lipinski definition) is 1. The van der Waals surface area contributed by atoms with E-state index < -0.39 is 10.0 Å². The molecule has 3 rings (SSSR count). The van der Waals surface area contributed by atoms with E-state index in [4.69, 9.17) is 0 Å². The molecule has 1 aromatic rings. The molecule has 0 bridgehead atoms. The zero-order valence-corrected chi connectivity index (χ0v) is 16.2. The summed E-state index contributed by atoms with van der Waals surface area (Å²) in [6, 6.07) is 8.58. The molecule has 6 heteroatoms. The number of nitrogens with one attached hydrogen (secondary N) is 1. The van der Waals surface area contributed by atoms with Crippen LogP contribution in [0.3, 0.4) is 0 Å². The SMILES string of the molecule is C.C.O=C(NCC1CCN(S(=O)(=O)c2ccccc2)C1)C1CCCCCCC1. The van der Waals surface area contributed by atoms with E-state index in [1.54, 1.807) is 28.6 Å². The fourth-order valence-corrected chi connectivity index (χ4v) is 5.58. The van der Waals surface area contributed by atoms with E-state index in [1.807, 2.05) is 6.07 Å². The second kappa shape index (κ2) is 11.6. The number of carbonyl (C=O) groups is 1. The van der Waals surface area contributed by atoms with Crippen molar-refractivity contribution < 1.29 is 13.2 Å². The lowest BCUT2D eigenvalue weighted by molar-refractivity contribution is -0.125. The zero-order valence-electron chi connectivity index (χ0n) is 15.4. The monoisotopic (exact) mass is 410 g/mol. The van der Waals surface area contributed by atoms with Crippen molar-refractivity contribution in [2.75, 3.05) is 19.6 Å². The Morgan fingerprint density at radius 2 is 1.57 bits per heavy atom. The lowest BCUT2D eigenvalue weighted by Crippen LogP contribution is -2.36. The largest absolute Gasteiger partial charge is 0.356 e. The van der Waals surface area contributed by atoms with Crippen molar-refractivity contribution in [2.24, 2.45) is 11.8 Å². The fourth-order valence-electron chi connectivity index (χ4n) is 4.03. The van der Waals surface area contributed by atoms with Crippen LogP contribution in [0.15, 0.2) is 35.2 Å². The molecule has 1 atom stereocenters. The first-order valence-electron chi connectivity index (χ1n) is 9.90. The van der Waals surface area contributed by atoms with Crippen LogP contribution in [0.2, 0.25) is 0 Å². The average molecular weight is 411 g/mol. The van der Waals surface area contributed by atoms with Gasteiger partial charge in [-0.15, -0.1) is 0 Å². The van der Waals surface area contributed by atoms with E-state index in [1.165, 1.54) is 19.3 Å². The number of sulfonamides is 1. The van der Waals surface area contributed by atoms with Gasteiger partial charge in [0.1, 0.15) is 0 Å². The van der Waals surface area contributed by atoms with Crippen molar-refractivity contribution in [3.8, 4) is 0 Å². The second-order valence-electron chi connectivity index (χ2n) is 7.62. The van der Waals surface area contributed by atoms with Gasteiger partial charge in [0, 0.05) is 25.6 Å². The Kier molecular flexibility index (Phi) is 10.2. The predicted molar refractivity (Wildman–Crippen MR) is 116 cm³/mol. The summed E-state index contributed by atoms with van der Waals surface area (Å²) in [6.45, 7) is 1.60. The predicted octanol–water partition coefficient (Wildman–Crippen LogP) is 4.45. The van der Waals surface area contributed by atoms with Crippen LogP contribution >= 0.6 is 0 Å². The van der Waals surface area contributed by atoms with Crippen LogP contribution in [0.1, 0.15) is 66.2 Å². The quantitative estimate of drug-likeness (QED) is 0.780. The summed E-state index contributed by atoms with van der Waals surface area (Å²) < 4.78 is 26.9. The van der Waals surface area contributed by atoms with Crippen molar-refractivity contribution >= 4 is 15.9 Å². The summed E-state index contributed by atoms with van der Waals surface area (Å²) >= 11 is 0. The summed E-state index contributed by atoms with van der Waals surface area (Å²) in [5.41, 5.74) is 0. The lowest BCUT2D eigenvalue weighted by Gasteiger charge is -2.20. The van der Waals surface area contributed by atoms with Crippen molar-refractivity contribution in [1.82, 2.24) is 9.62 Å². The smallest absolute Gasteiger partial charge is 0.243 e. The maximum atomic E-state index is 12.7. The van der Waals surface area contributed by atoms with Crippen molar-refractivity contribution in [2.45, 2.75) is 71.1 Å². The van der Waals surface area contributed by atoms with Gasteiger partial charge in [0.25, 0.3) is 0 Å². The fraction of sp³-hybridized carbons (Fsp3) is 0.682. The number of rotatable bonds is 5. The van der Waals surface area contributed by atoms with Gasteiger partial charge in [-0.25, -0.2) is 8.42 Å². The molecule has 0 aromatic heterocycles. The van der Waals surface area contributed by atoms with Gasteiger partial charge in [-0.3, -0.25) is 4.79 Å². The molecule has 1 N–H and O–H groups in total. The van der Waals surface area contributed by atoms with E-state index in [-0.39, 0.29) is 32.6 Å². The van der Waals surface area contributed by atoms with Gasteiger partial charge in [0.15, 0.2) is 0 Å². The molecule has 0 radical (unpaired) electrons. The van der Waals surface area contributed by atoms with Gasteiger partial charge >= 0.3 is 0 Å². The maximum absolute atomic E-state index is 12.7. The Labute approximate surface area is 172 Å². The highest BCUT2D eigenvalue weighted by Crippen LogP contribution is 2.25. The average Bonchev–Trinajstić information content (AvgIpc) is 3.10. The Bertz CT molecular complexity index is 683. The number of amides is 1. The Balaban J connectivity index is 0.00000196. The van der Waals surface area contributed by atoms with Gasteiger partial charge in [0.05, 0.1) is 4.90 Å². The molecule has 0 spiro atoms. The van der Waals surface area contributed by atoms with Crippen LogP contribution in [-0.2, 0) is 14.8 Å². The molecular weight excluding hydrogens is 372 g/mol. The van der Waals surface area contributed by atoms with Gasteiger partial charge in [-0.2, -0.15) is 4.31 Å². The number of carbonyl (C=O) groups excluding carboxylic acids is 1. The Morgan fingerprint density at radius 3 is 2.21 bits per heavy atom. The van der Waals surface area contributed by atoms with Gasteiger partial charge in [-0.1, -0.05) is 65.2 Å². The first-order valence-corrected chi connectivity index (χ1v) is 11.3. The molecular formula is C22H38N2O3S. The summed E-state index contributed by atoms with van der Waals surface area (Å²) in [4.78, 5) is 12.8. The molecule has 5 nitrogen and oxygen atoms in total. The third-order valence-corrected chi connectivity index (χ3v) is 7.55. The highest BCUT2D eigenvalue weighted by atomic mass is 32.2. The van der Waals surface area contributed by atoms with Crippen LogP contribution in [0.5, 0.6) is 0 Å². The Morgan fingerprint density at radius 1 is 0.964 bits per heavy atom. The van der Waals surface area contributed by atoms with Crippen molar-refractivity contribution in [3.05, 3.63) is 30.3 Å². The van der Waals surface area contributed by atoms with Crippen LogP contribution in [0.4, 0.5) is 0 Å². The molecule has 1 heterocycles. The summed E-state index contributed by atoms with van der Waals surface area (Å²) in [5.74, 6) is 0.503. The molecule has 1 unspecified atom stereocenters. The number of hydrogen-bond acceptors (Lipinski definition) is 3. The maximum Gasteiger partial charge on any atom is 0.243 e. The summed E-state index contributed by atoms with van der Waals surface area (Å²) in [7, 11) is -3.42. The molecule has 28 heavy (non-hydrogen) atoms. The topological polar surface area (TPSA) is 66.5 Å². The third kappa shape index (κ3) is 6.31. The molecule has 160 valence electrons. The van der Waals surface area contributed by atoms with E-state index >= 15 is 0 Å². The molecule has 1 aliphatic carbocycles. The van der Waals surface area contributed by atoms with Crippen LogP contribution in [0, 0.1) is 11.8 Å². The van der Waals surface area contributed by atoms with Gasteiger partial charge in [-0.05, 0) is 37.3 Å². The summed E-state index contributed by atoms with van der Waals surface area (Å²) in [6.07, 6.45) is 8.84. The highest BCUT2D eigenvalue weighted by Gasteiger charge is 2.32. The van der Waals surface area contributed by atoms with Crippen LogP contribution in [0.25, 0.3) is 0 Å². The van der Waals surface area contributed by atoms with Crippen LogP contribution < -0.4 is 5.32 Å². The number of nitrogens with zero attached hydrogens (tertiary/aromatic N) is 1. The first-order chi connectivity index (χ1) is 12.6. The standard InChI is InChI=1S/C20H30N2O3S.2CH4/c23-20(18-9-5-2-1-3-6-10-18)21-15-17-13-14-22(16-17)26(24,25)19-11-7-4-8-12-19;;/h4,7-8,11-12,17-18H,1-3,5-6,9-10,13-16H2,(H,21,23);2*1H4. The first kappa shape index (κ1) is 24.6. The molecule has 1 amide bonds. The normalized spacial score (nSPS) is 21.6. The molecule has 2 aliphatic rings. The van der Waals surface area contributed by atoms with E-state index in [2.05, 4.69) is 5.32 Å². The minimum atomic E-state index is -3.42. The summed E-state index contributed by atoms with van der Waals surface area (Å²) in [5, 5.41) is 3.09. The van der Waals surface area contributed by atoms with Gasteiger partial charge < -0.3 is 5.32 Å². The number of benzene rings is 1. The van der Waals surface area contributed by atoms with Crippen molar-refractivity contribution in [1.29, 1.82) is 0 Å². The highest BCUT2D eigenvalue weighted by molar-refractivity contribution is 7.89. The minimum absolute atomic E-state index is 0. The van der Waals surface area contributed by atoms with E-state index in [9.17, 15) is 13.2 Å². The molecule has 1 aliphatic heterocycles. The Hall–Kier alpha value is -1.40.